The monoisotopic (exact) mass is 543 g/mol. The molecule has 0 saturated carbocycles. The van der Waals surface area contributed by atoms with Gasteiger partial charge in [0.1, 0.15) is 0 Å². The van der Waals surface area contributed by atoms with Gasteiger partial charge in [-0.25, -0.2) is 9.97 Å². The van der Waals surface area contributed by atoms with E-state index in [4.69, 9.17) is 9.97 Å². The third kappa shape index (κ3) is 3.03. The standard InChI is InChI=1S/C37H25N3S/c1-37(2)28-17-9-6-16-27(28)31-32(22-12-4-3-5-13-22)38-36(39-35(31)37)40-29-18-10-7-14-23(29)25-20-21-26-24-15-8-11-19-30(24)41-34(26)33(25)40/h3-21H,1-2H3. The van der Waals surface area contributed by atoms with Crippen LogP contribution in [0.25, 0.3) is 70.3 Å². The van der Waals surface area contributed by atoms with E-state index in [0.717, 1.165) is 34.0 Å². The summed E-state index contributed by atoms with van der Waals surface area (Å²) in [4.78, 5) is 10.9. The Hall–Kier alpha value is -4.80. The number of aromatic nitrogens is 3. The zero-order valence-electron chi connectivity index (χ0n) is 22.7. The summed E-state index contributed by atoms with van der Waals surface area (Å²) in [5.41, 5.74) is 8.89. The average molecular weight is 544 g/mol. The van der Waals surface area contributed by atoms with E-state index in [1.54, 1.807) is 0 Å². The van der Waals surface area contributed by atoms with Gasteiger partial charge in [0.2, 0.25) is 5.95 Å². The van der Waals surface area contributed by atoms with Crippen molar-refractivity contribution in [3.63, 3.8) is 0 Å². The second kappa shape index (κ2) is 8.12. The summed E-state index contributed by atoms with van der Waals surface area (Å²) in [5, 5.41) is 5.02. The molecule has 5 aromatic carbocycles. The van der Waals surface area contributed by atoms with Crippen LogP contribution >= 0.6 is 11.3 Å². The first-order valence-electron chi connectivity index (χ1n) is 14.0. The van der Waals surface area contributed by atoms with Crippen LogP contribution in [0.5, 0.6) is 0 Å². The molecular formula is C37H25N3S. The average Bonchev–Trinajstić information content (AvgIpc) is 3.64. The molecule has 0 fully saturated rings. The molecule has 0 aliphatic heterocycles. The molecule has 9 rings (SSSR count). The Kier molecular flexibility index (Phi) is 4.55. The van der Waals surface area contributed by atoms with Gasteiger partial charge in [0.25, 0.3) is 0 Å². The van der Waals surface area contributed by atoms with Gasteiger partial charge in [0.15, 0.2) is 0 Å². The van der Waals surface area contributed by atoms with Gasteiger partial charge in [-0.1, -0.05) is 117 Å². The summed E-state index contributed by atoms with van der Waals surface area (Å²) in [5.74, 6) is 0.722. The minimum atomic E-state index is -0.251. The summed E-state index contributed by atoms with van der Waals surface area (Å²) in [6.45, 7) is 4.58. The smallest absolute Gasteiger partial charge is 0.235 e. The van der Waals surface area contributed by atoms with E-state index in [1.807, 2.05) is 11.3 Å². The molecule has 3 nitrogen and oxygen atoms in total. The van der Waals surface area contributed by atoms with Gasteiger partial charge < -0.3 is 0 Å². The highest BCUT2D eigenvalue weighted by atomic mass is 32.1. The molecule has 194 valence electrons. The number of para-hydroxylation sites is 1. The Bertz CT molecular complexity index is 2340. The fraction of sp³-hybridized carbons (Fsp3) is 0.0811. The summed E-state index contributed by atoms with van der Waals surface area (Å²) in [6.07, 6.45) is 0. The lowest BCUT2D eigenvalue weighted by Gasteiger charge is -2.21. The van der Waals surface area contributed by atoms with Gasteiger partial charge in [0, 0.05) is 42.8 Å². The SMILES string of the molecule is CC1(C)c2ccccc2-c2c(-c3ccccc3)nc(-n3c4ccccc4c4ccc5c6ccccc6sc5c43)nc21. The highest BCUT2D eigenvalue weighted by Crippen LogP contribution is 2.51. The van der Waals surface area contributed by atoms with Crippen molar-refractivity contribution in [2.24, 2.45) is 0 Å². The molecule has 0 radical (unpaired) electrons. The second-order valence-electron chi connectivity index (χ2n) is 11.4. The Morgan fingerprint density at radius 2 is 1.34 bits per heavy atom. The van der Waals surface area contributed by atoms with E-state index in [2.05, 4.69) is 134 Å². The molecule has 0 atom stereocenters. The molecule has 1 aliphatic carbocycles. The predicted molar refractivity (Wildman–Crippen MR) is 172 cm³/mol. The maximum Gasteiger partial charge on any atom is 0.235 e. The Morgan fingerprint density at radius 1 is 0.634 bits per heavy atom. The van der Waals surface area contributed by atoms with E-state index in [1.165, 1.54) is 47.6 Å². The van der Waals surface area contributed by atoms with Crippen LogP contribution < -0.4 is 0 Å². The van der Waals surface area contributed by atoms with Crippen LogP contribution in [-0.2, 0) is 5.41 Å². The number of hydrogen-bond acceptors (Lipinski definition) is 3. The van der Waals surface area contributed by atoms with Crippen molar-refractivity contribution in [2.45, 2.75) is 19.3 Å². The van der Waals surface area contributed by atoms with Gasteiger partial charge in [-0.2, -0.15) is 0 Å². The van der Waals surface area contributed by atoms with Crippen molar-refractivity contribution in [2.75, 3.05) is 0 Å². The van der Waals surface area contributed by atoms with Crippen LogP contribution in [0.4, 0.5) is 0 Å². The van der Waals surface area contributed by atoms with Crippen LogP contribution in [0, 0.1) is 0 Å². The number of rotatable bonds is 2. The number of thiophene rings is 1. The van der Waals surface area contributed by atoms with E-state index >= 15 is 0 Å². The number of fused-ring (bicyclic) bond motifs is 10. The van der Waals surface area contributed by atoms with Crippen molar-refractivity contribution < 1.29 is 0 Å². The molecule has 3 aromatic heterocycles. The van der Waals surface area contributed by atoms with E-state index in [9.17, 15) is 0 Å². The molecule has 41 heavy (non-hydrogen) atoms. The van der Waals surface area contributed by atoms with E-state index in [0.29, 0.717) is 0 Å². The Balaban J connectivity index is 1.46. The Labute approximate surface area is 241 Å². The maximum atomic E-state index is 5.47. The lowest BCUT2D eigenvalue weighted by Crippen LogP contribution is -2.18. The molecule has 4 heteroatoms. The molecule has 3 heterocycles. The quantitative estimate of drug-likeness (QED) is 0.217. The van der Waals surface area contributed by atoms with Crippen molar-refractivity contribution >= 4 is 53.3 Å². The van der Waals surface area contributed by atoms with Gasteiger partial charge in [0.05, 0.1) is 27.1 Å². The third-order valence-electron chi connectivity index (χ3n) is 8.79. The van der Waals surface area contributed by atoms with Crippen LogP contribution in [-0.4, -0.2) is 14.5 Å². The molecule has 0 bridgehead atoms. The molecule has 0 N–H and O–H groups in total. The molecular weight excluding hydrogens is 518 g/mol. The van der Waals surface area contributed by atoms with Gasteiger partial charge in [-0.3, -0.25) is 4.57 Å². The lowest BCUT2D eigenvalue weighted by atomic mass is 9.85. The Morgan fingerprint density at radius 3 is 2.22 bits per heavy atom. The van der Waals surface area contributed by atoms with Gasteiger partial charge in [-0.05, 0) is 23.3 Å². The zero-order chi connectivity index (χ0) is 27.3. The third-order valence-corrected chi connectivity index (χ3v) is 9.98. The minimum absolute atomic E-state index is 0.251. The molecule has 8 aromatic rings. The van der Waals surface area contributed by atoms with E-state index in [-0.39, 0.29) is 5.41 Å². The molecule has 0 unspecified atom stereocenters. The number of nitrogens with zero attached hydrogens (tertiary/aromatic N) is 3. The highest BCUT2D eigenvalue weighted by Gasteiger charge is 2.40. The van der Waals surface area contributed by atoms with Gasteiger partial charge >= 0.3 is 0 Å². The summed E-state index contributed by atoms with van der Waals surface area (Å²) in [6, 6.07) is 41.2. The molecule has 0 amide bonds. The fourth-order valence-electron chi connectivity index (χ4n) is 6.87. The number of benzene rings is 5. The second-order valence-corrected chi connectivity index (χ2v) is 12.5. The zero-order valence-corrected chi connectivity index (χ0v) is 23.5. The summed E-state index contributed by atoms with van der Waals surface area (Å²) >= 11 is 1.85. The maximum absolute atomic E-state index is 5.47. The highest BCUT2D eigenvalue weighted by molar-refractivity contribution is 7.26. The first-order valence-corrected chi connectivity index (χ1v) is 14.8. The molecule has 1 aliphatic rings. The largest absolute Gasteiger partial charge is 0.276 e. The summed E-state index contributed by atoms with van der Waals surface area (Å²) < 4.78 is 4.88. The minimum Gasteiger partial charge on any atom is -0.276 e. The summed E-state index contributed by atoms with van der Waals surface area (Å²) in [7, 11) is 0. The fourth-order valence-corrected chi connectivity index (χ4v) is 8.11. The normalized spacial score (nSPS) is 13.8. The van der Waals surface area contributed by atoms with Gasteiger partial charge in [-0.15, -0.1) is 11.3 Å². The van der Waals surface area contributed by atoms with Crippen molar-refractivity contribution in [1.29, 1.82) is 0 Å². The van der Waals surface area contributed by atoms with Crippen LogP contribution in [0.1, 0.15) is 25.1 Å². The topological polar surface area (TPSA) is 30.7 Å². The van der Waals surface area contributed by atoms with Crippen molar-refractivity contribution in [3.05, 3.63) is 127 Å². The van der Waals surface area contributed by atoms with Crippen molar-refractivity contribution in [3.8, 4) is 28.3 Å². The van der Waals surface area contributed by atoms with Crippen LogP contribution in [0.2, 0.25) is 0 Å². The van der Waals surface area contributed by atoms with E-state index < -0.39 is 0 Å². The number of hydrogen-bond donors (Lipinski definition) is 0. The van der Waals surface area contributed by atoms with Crippen molar-refractivity contribution in [1.82, 2.24) is 14.5 Å². The molecule has 0 spiro atoms. The van der Waals surface area contributed by atoms with Crippen LogP contribution in [0.3, 0.4) is 0 Å². The molecule has 0 saturated heterocycles. The van der Waals surface area contributed by atoms with Crippen LogP contribution in [0.15, 0.2) is 115 Å². The first-order chi connectivity index (χ1) is 20.1. The first kappa shape index (κ1) is 23.0. The predicted octanol–water partition coefficient (Wildman–Crippen LogP) is 9.91. The lowest BCUT2D eigenvalue weighted by molar-refractivity contribution is 0.632.